The molecule has 0 aliphatic carbocycles. The molecule has 1 atom stereocenters. The molecule has 0 saturated carbocycles. The Morgan fingerprint density at radius 1 is 1.22 bits per heavy atom. The van der Waals surface area contributed by atoms with Crippen LogP contribution < -0.4 is 25.4 Å². The van der Waals surface area contributed by atoms with Crippen molar-refractivity contribution in [1.82, 2.24) is 35.6 Å². The Bertz CT molecular complexity index is 1210. The number of nitrogens with two attached hydrogens (primary N) is 1. The molecule has 0 unspecified atom stereocenters. The molecule has 1 aliphatic heterocycles. The summed E-state index contributed by atoms with van der Waals surface area (Å²) in [6.45, 7) is 3.46. The Balaban J connectivity index is 1.59. The minimum Gasteiger partial charge on any atom is -0.493 e. The van der Waals surface area contributed by atoms with Crippen molar-refractivity contribution in [1.29, 1.82) is 0 Å². The van der Waals surface area contributed by atoms with E-state index in [1.807, 2.05) is 0 Å². The van der Waals surface area contributed by atoms with Gasteiger partial charge in [-0.3, -0.25) is 9.69 Å². The van der Waals surface area contributed by atoms with Gasteiger partial charge in [0, 0.05) is 18.2 Å². The van der Waals surface area contributed by atoms with Crippen molar-refractivity contribution in [2.75, 3.05) is 33.6 Å². The molecule has 1 amide bonds. The Labute approximate surface area is 207 Å². The summed E-state index contributed by atoms with van der Waals surface area (Å²) in [6.07, 6.45) is 4.76. The summed E-state index contributed by atoms with van der Waals surface area (Å²) in [6, 6.07) is 3.75. The van der Waals surface area contributed by atoms with E-state index in [0.29, 0.717) is 41.1 Å². The number of piperidine rings is 1. The molecule has 1 aromatic carbocycles. The largest absolute Gasteiger partial charge is 0.493 e. The van der Waals surface area contributed by atoms with Gasteiger partial charge in [0.1, 0.15) is 0 Å². The van der Waals surface area contributed by atoms with Crippen molar-refractivity contribution in [2.24, 2.45) is 5.10 Å². The van der Waals surface area contributed by atoms with E-state index in [1.54, 1.807) is 12.1 Å². The minimum absolute atomic E-state index is 0.0419. The van der Waals surface area contributed by atoms with Crippen LogP contribution in [-0.2, 0) is 6.54 Å². The van der Waals surface area contributed by atoms with Gasteiger partial charge in [0.05, 0.1) is 33.2 Å². The van der Waals surface area contributed by atoms with Gasteiger partial charge < -0.3 is 19.9 Å². The summed E-state index contributed by atoms with van der Waals surface area (Å²) in [4.78, 5) is 15.3. The van der Waals surface area contributed by atoms with Crippen molar-refractivity contribution < 1.29 is 23.6 Å². The molecule has 14 nitrogen and oxygen atoms in total. The van der Waals surface area contributed by atoms with Crippen molar-refractivity contribution in [3.63, 3.8) is 0 Å². The highest BCUT2D eigenvalue weighted by Gasteiger charge is 2.28. The third kappa shape index (κ3) is 5.07. The molecule has 36 heavy (non-hydrogen) atoms. The maximum atomic E-state index is 13.1. The van der Waals surface area contributed by atoms with Crippen LogP contribution in [0.15, 0.2) is 21.9 Å². The van der Waals surface area contributed by atoms with E-state index >= 15 is 0 Å². The van der Waals surface area contributed by atoms with Crippen LogP contribution in [0.3, 0.4) is 0 Å². The normalized spacial score (nSPS) is 16.3. The minimum atomic E-state index is -0.542. The van der Waals surface area contributed by atoms with Crippen LogP contribution in [0.2, 0.25) is 0 Å². The zero-order valence-electron chi connectivity index (χ0n) is 20.6. The standard InChI is InChI=1S/C22H29N9O5/c1-13-7-5-6-8-30(13)12-15-18(25-29-31(15)21-20(23)27-36-28-21)22(32)26-24-11-14-9-16(33-2)19(35-4)17(10-14)34-3/h9-11,13H,5-8,12H2,1-4H3,(H2,23,27)(H,26,32)/b24-11+/t13-/m0/s1. The van der Waals surface area contributed by atoms with Gasteiger partial charge in [-0.05, 0) is 48.8 Å². The molecule has 3 N–H and O–H groups in total. The molecule has 0 radical (unpaired) electrons. The highest BCUT2D eigenvalue weighted by Crippen LogP contribution is 2.37. The molecule has 0 bridgehead atoms. The number of benzene rings is 1. The van der Waals surface area contributed by atoms with Gasteiger partial charge in [0.25, 0.3) is 5.91 Å². The molecule has 1 saturated heterocycles. The molecular weight excluding hydrogens is 470 g/mol. The van der Waals surface area contributed by atoms with Gasteiger partial charge in [-0.2, -0.15) is 9.78 Å². The number of hydrogen-bond donors (Lipinski definition) is 2. The molecule has 3 heterocycles. The Hall–Kier alpha value is -4.20. The number of hydrazone groups is 1. The lowest BCUT2D eigenvalue weighted by Gasteiger charge is -2.33. The quantitative estimate of drug-likeness (QED) is 0.322. The number of nitrogens with one attached hydrogen (secondary N) is 1. The average molecular weight is 500 g/mol. The summed E-state index contributed by atoms with van der Waals surface area (Å²) in [5, 5.41) is 19.7. The topological polar surface area (TPSA) is 168 Å². The molecule has 0 spiro atoms. The van der Waals surface area contributed by atoms with Gasteiger partial charge in [-0.25, -0.2) is 10.1 Å². The zero-order chi connectivity index (χ0) is 25.7. The predicted octanol–water partition coefficient (Wildman–Crippen LogP) is 1.40. The van der Waals surface area contributed by atoms with E-state index in [2.05, 4.69) is 43.0 Å². The molecular formula is C22H29N9O5. The first-order valence-corrected chi connectivity index (χ1v) is 11.4. The average Bonchev–Trinajstić information content (AvgIpc) is 3.50. The number of carbonyl (C=O) groups is 1. The van der Waals surface area contributed by atoms with Crippen LogP contribution in [0.1, 0.15) is 47.9 Å². The molecule has 3 aromatic rings. The molecule has 2 aromatic heterocycles. The molecule has 192 valence electrons. The van der Waals surface area contributed by atoms with Crippen molar-refractivity contribution in [3.05, 3.63) is 29.1 Å². The molecule has 4 rings (SSSR count). The van der Waals surface area contributed by atoms with Crippen LogP contribution in [0.4, 0.5) is 5.82 Å². The number of aromatic nitrogens is 5. The number of hydrogen-bond acceptors (Lipinski definition) is 12. The van der Waals surface area contributed by atoms with Gasteiger partial charge in [0.15, 0.2) is 17.2 Å². The maximum Gasteiger partial charge on any atom is 0.293 e. The summed E-state index contributed by atoms with van der Waals surface area (Å²) in [5.74, 6) is 1.05. The summed E-state index contributed by atoms with van der Waals surface area (Å²) < 4.78 is 22.1. The fraction of sp³-hybridized carbons (Fsp3) is 0.455. The second-order valence-electron chi connectivity index (χ2n) is 8.24. The first-order chi connectivity index (χ1) is 17.5. The smallest absolute Gasteiger partial charge is 0.293 e. The van der Waals surface area contributed by atoms with Gasteiger partial charge in [-0.15, -0.1) is 5.10 Å². The number of methoxy groups -OCH3 is 3. The number of carbonyl (C=O) groups excluding carboxylic acids is 1. The molecule has 14 heteroatoms. The summed E-state index contributed by atoms with van der Waals surface area (Å²) in [7, 11) is 4.56. The van der Waals surface area contributed by atoms with Gasteiger partial charge in [0.2, 0.25) is 17.4 Å². The molecule has 1 aliphatic rings. The number of ether oxygens (including phenoxy) is 3. The fourth-order valence-corrected chi connectivity index (χ4v) is 4.11. The summed E-state index contributed by atoms with van der Waals surface area (Å²) in [5.41, 5.74) is 9.61. The summed E-state index contributed by atoms with van der Waals surface area (Å²) >= 11 is 0. The first kappa shape index (κ1) is 24.9. The third-order valence-corrected chi connectivity index (χ3v) is 6.03. The van der Waals surface area contributed by atoms with Crippen molar-refractivity contribution in [3.8, 4) is 23.1 Å². The second kappa shape index (κ2) is 11.0. The zero-order valence-corrected chi connectivity index (χ0v) is 20.6. The monoisotopic (exact) mass is 499 g/mol. The van der Waals surface area contributed by atoms with Crippen LogP contribution in [0, 0.1) is 0 Å². The van der Waals surface area contributed by atoms with Crippen LogP contribution >= 0.6 is 0 Å². The number of nitrogens with zero attached hydrogens (tertiary/aromatic N) is 7. The lowest BCUT2D eigenvalue weighted by molar-refractivity contribution is 0.0945. The van der Waals surface area contributed by atoms with E-state index < -0.39 is 5.91 Å². The van der Waals surface area contributed by atoms with Crippen LogP contribution in [-0.4, -0.2) is 76.2 Å². The molecule has 1 fully saturated rings. The van der Waals surface area contributed by atoms with E-state index in [9.17, 15) is 4.79 Å². The van der Waals surface area contributed by atoms with E-state index in [4.69, 9.17) is 24.6 Å². The number of rotatable bonds is 9. The Morgan fingerprint density at radius 2 is 1.97 bits per heavy atom. The van der Waals surface area contributed by atoms with Crippen LogP contribution in [0.5, 0.6) is 17.2 Å². The third-order valence-electron chi connectivity index (χ3n) is 6.03. The fourth-order valence-electron chi connectivity index (χ4n) is 4.11. The number of nitrogen functional groups attached to an aromatic ring is 1. The van der Waals surface area contributed by atoms with Crippen LogP contribution in [0.25, 0.3) is 5.82 Å². The number of amides is 1. The number of likely N-dealkylation sites (tertiary alicyclic amines) is 1. The first-order valence-electron chi connectivity index (χ1n) is 11.4. The SMILES string of the molecule is COc1cc(/C=N/NC(=O)c2nnn(-c3nonc3N)c2CN2CCCC[C@@H]2C)cc(OC)c1OC. The highest BCUT2D eigenvalue weighted by atomic mass is 16.6. The Kier molecular flexibility index (Phi) is 7.63. The van der Waals surface area contributed by atoms with Crippen molar-refractivity contribution >= 4 is 17.9 Å². The van der Waals surface area contributed by atoms with Gasteiger partial charge in [-0.1, -0.05) is 11.6 Å². The lowest BCUT2D eigenvalue weighted by atomic mass is 10.0. The van der Waals surface area contributed by atoms with Crippen molar-refractivity contribution in [2.45, 2.75) is 38.8 Å². The number of anilines is 1. The lowest BCUT2D eigenvalue weighted by Crippen LogP contribution is -2.38. The van der Waals surface area contributed by atoms with E-state index in [-0.39, 0.29) is 17.3 Å². The Morgan fingerprint density at radius 3 is 2.58 bits per heavy atom. The second-order valence-corrected chi connectivity index (χ2v) is 8.24. The predicted molar refractivity (Wildman–Crippen MR) is 129 cm³/mol. The van der Waals surface area contributed by atoms with E-state index in [1.165, 1.54) is 38.6 Å². The van der Waals surface area contributed by atoms with Gasteiger partial charge >= 0.3 is 0 Å². The maximum absolute atomic E-state index is 13.1. The van der Waals surface area contributed by atoms with E-state index in [0.717, 1.165) is 19.4 Å². The highest BCUT2D eigenvalue weighted by molar-refractivity contribution is 5.94.